The molecule has 0 spiro atoms. The lowest BCUT2D eigenvalue weighted by atomic mass is 10.1. The van der Waals surface area contributed by atoms with Gasteiger partial charge in [-0.25, -0.2) is 9.07 Å². The monoisotopic (exact) mass is 481 g/mol. The van der Waals surface area contributed by atoms with Crippen molar-refractivity contribution in [1.29, 1.82) is 0 Å². The van der Waals surface area contributed by atoms with Gasteiger partial charge in [0.1, 0.15) is 5.69 Å². The van der Waals surface area contributed by atoms with Crippen LogP contribution in [-0.4, -0.2) is 30.5 Å². The van der Waals surface area contributed by atoms with E-state index in [9.17, 15) is 4.79 Å². The third-order valence-electron chi connectivity index (χ3n) is 5.78. The Labute approximate surface area is 207 Å². The maximum absolute atomic E-state index is 15.5. The Balaban J connectivity index is 1.41. The quantitative estimate of drug-likeness (QED) is 0.332. The van der Waals surface area contributed by atoms with Crippen molar-refractivity contribution in [2.75, 3.05) is 10.6 Å². The Kier molecular flexibility index (Phi) is 6.03. The zero-order valence-corrected chi connectivity index (χ0v) is 20.0. The van der Waals surface area contributed by atoms with Crippen molar-refractivity contribution in [3.63, 3.8) is 0 Å². The van der Waals surface area contributed by atoms with Gasteiger partial charge < -0.3 is 10.6 Å². The van der Waals surface area contributed by atoms with Gasteiger partial charge >= 0.3 is 0 Å². The molecule has 3 heterocycles. The van der Waals surface area contributed by atoms with E-state index in [-0.39, 0.29) is 11.4 Å². The summed E-state index contributed by atoms with van der Waals surface area (Å²) in [4.78, 5) is 17.0. The predicted molar refractivity (Wildman–Crippen MR) is 140 cm³/mol. The van der Waals surface area contributed by atoms with Crippen molar-refractivity contribution >= 4 is 46.1 Å². The van der Waals surface area contributed by atoms with Gasteiger partial charge in [0.2, 0.25) is 0 Å². The number of carbonyl (C=O) groups excluding carboxylic acids is 1. The number of amides is 1. The highest BCUT2D eigenvalue weighted by molar-refractivity contribution is 6.04. The number of nitrogens with one attached hydrogen (secondary N) is 2. The number of rotatable bonds is 6. The van der Waals surface area contributed by atoms with Crippen LogP contribution in [0, 0.1) is 19.7 Å². The van der Waals surface area contributed by atoms with E-state index in [1.165, 1.54) is 4.68 Å². The summed E-state index contributed by atoms with van der Waals surface area (Å²) < 4.78 is 18.7. The number of aromatic nitrogens is 5. The number of halogens is 1. The van der Waals surface area contributed by atoms with Gasteiger partial charge in [-0.15, -0.1) is 0 Å². The van der Waals surface area contributed by atoms with Crippen LogP contribution in [0.2, 0.25) is 0 Å². The molecule has 0 saturated heterocycles. The van der Waals surface area contributed by atoms with E-state index in [0.717, 1.165) is 16.6 Å². The van der Waals surface area contributed by atoms with Crippen molar-refractivity contribution in [3.05, 3.63) is 95.5 Å². The number of carbonyl (C=O) groups is 1. The zero-order chi connectivity index (χ0) is 25.2. The van der Waals surface area contributed by atoms with Gasteiger partial charge in [0.15, 0.2) is 5.82 Å². The highest BCUT2D eigenvalue weighted by Gasteiger charge is 2.18. The molecule has 36 heavy (non-hydrogen) atoms. The minimum atomic E-state index is -0.550. The van der Waals surface area contributed by atoms with E-state index in [1.54, 1.807) is 56.2 Å². The van der Waals surface area contributed by atoms with Gasteiger partial charge in [0, 0.05) is 30.5 Å². The summed E-state index contributed by atoms with van der Waals surface area (Å²) in [6, 6.07) is 16.4. The Morgan fingerprint density at radius 1 is 1.08 bits per heavy atom. The van der Waals surface area contributed by atoms with Crippen LogP contribution >= 0.6 is 0 Å². The van der Waals surface area contributed by atoms with Crippen LogP contribution in [0.4, 0.5) is 21.5 Å². The van der Waals surface area contributed by atoms with E-state index in [4.69, 9.17) is 0 Å². The average Bonchev–Trinajstić information content (AvgIpc) is 3.44. The molecular formula is C27H24FN7O. The van der Waals surface area contributed by atoms with Crippen molar-refractivity contribution < 1.29 is 9.18 Å². The molecule has 0 fully saturated rings. The molecule has 2 aromatic carbocycles. The number of pyridine rings is 1. The molecule has 0 atom stereocenters. The molecule has 0 unspecified atom stereocenters. The van der Waals surface area contributed by atoms with Crippen LogP contribution in [-0.2, 0) is 7.05 Å². The summed E-state index contributed by atoms with van der Waals surface area (Å²) >= 11 is 0. The first-order valence-corrected chi connectivity index (χ1v) is 11.3. The van der Waals surface area contributed by atoms with Gasteiger partial charge in [-0.3, -0.25) is 14.5 Å². The molecule has 0 saturated carbocycles. The van der Waals surface area contributed by atoms with Crippen LogP contribution in [0.3, 0.4) is 0 Å². The normalized spacial score (nSPS) is 11.3. The maximum atomic E-state index is 15.5. The molecule has 0 aliphatic carbocycles. The maximum Gasteiger partial charge on any atom is 0.274 e. The van der Waals surface area contributed by atoms with Crippen LogP contribution < -0.4 is 10.6 Å². The van der Waals surface area contributed by atoms with Crippen LogP contribution in [0.5, 0.6) is 0 Å². The van der Waals surface area contributed by atoms with Gasteiger partial charge in [-0.05, 0) is 68.0 Å². The molecule has 3 aromatic heterocycles. The van der Waals surface area contributed by atoms with Crippen molar-refractivity contribution in [2.45, 2.75) is 13.8 Å². The molecule has 0 aliphatic heterocycles. The molecule has 8 nitrogen and oxygen atoms in total. The summed E-state index contributed by atoms with van der Waals surface area (Å²) in [5, 5.41) is 15.4. The Morgan fingerprint density at radius 2 is 1.94 bits per heavy atom. The van der Waals surface area contributed by atoms with Gasteiger partial charge in [0.05, 0.1) is 34.5 Å². The van der Waals surface area contributed by atoms with Gasteiger partial charge in [-0.2, -0.15) is 10.2 Å². The molecule has 180 valence electrons. The fraction of sp³-hybridized carbons (Fsp3) is 0.111. The van der Waals surface area contributed by atoms with Crippen LogP contribution in [0.25, 0.3) is 23.2 Å². The molecule has 0 radical (unpaired) electrons. The summed E-state index contributed by atoms with van der Waals surface area (Å²) in [5.74, 6) is -0.979. The van der Waals surface area contributed by atoms with E-state index < -0.39 is 11.7 Å². The highest BCUT2D eigenvalue weighted by atomic mass is 19.1. The molecule has 5 rings (SSSR count). The number of hydrogen-bond donors (Lipinski definition) is 2. The third-order valence-corrected chi connectivity index (χ3v) is 5.78. The minimum Gasteiger partial charge on any atom is -0.353 e. The summed E-state index contributed by atoms with van der Waals surface area (Å²) in [7, 11) is 1.68. The SMILES string of the molecule is Cc1cc(C(=O)Nc2c(C)ccc(Nc3ccc4cnn(C=Cc5ccccn5)c4c3)c2F)n(C)n1. The Hall–Kier alpha value is -4.79. The molecule has 0 aliphatic rings. The van der Waals surface area contributed by atoms with E-state index >= 15 is 4.39 Å². The summed E-state index contributed by atoms with van der Waals surface area (Å²) in [5.41, 5.74) is 4.37. The topological polar surface area (TPSA) is 89.7 Å². The number of aryl methyl sites for hydroxylation is 3. The lowest BCUT2D eigenvalue weighted by Crippen LogP contribution is -2.18. The summed E-state index contributed by atoms with van der Waals surface area (Å²) in [6.45, 7) is 3.54. The van der Waals surface area contributed by atoms with Crippen LogP contribution in [0.15, 0.2) is 67.0 Å². The number of anilines is 3. The first kappa shape index (κ1) is 23.0. The third kappa shape index (κ3) is 4.58. The Morgan fingerprint density at radius 3 is 2.69 bits per heavy atom. The smallest absolute Gasteiger partial charge is 0.274 e. The van der Waals surface area contributed by atoms with E-state index in [0.29, 0.717) is 22.6 Å². The molecule has 0 bridgehead atoms. The van der Waals surface area contributed by atoms with E-state index in [1.807, 2.05) is 48.7 Å². The van der Waals surface area contributed by atoms with Crippen molar-refractivity contribution in [2.24, 2.45) is 7.05 Å². The first-order valence-electron chi connectivity index (χ1n) is 11.3. The number of nitrogens with zero attached hydrogens (tertiary/aromatic N) is 5. The zero-order valence-electron chi connectivity index (χ0n) is 20.0. The van der Waals surface area contributed by atoms with Crippen molar-refractivity contribution in [3.8, 4) is 0 Å². The highest BCUT2D eigenvalue weighted by Crippen LogP contribution is 2.30. The second-order valence-corrected chi connectivity index (χ2v) is 8.43. The first-order chi connectivity index (χ1) is 17.4. The average molecular weight is 482 g/mol. The standard InChI is InChI=1S/C27H24FN7O/c1-17-7-10-22(25(28)26(17)32-27(36)24-14-18(2)33-34(24)3)31-21-9-8-19-16-30-35(23(19)15-21)13-11-20-6-4-5-12-29-20/h4-16,31H,1-3H3,(H,32,36). The summed E-state index contributed by atoms with van der Waals surface area (Å²) in [6.07, 6.45) is 7.19. The molecule has 2 N–H and O–H groups in total. The van der Waals surface area contributed by atoms with Gasteiger partial charge in [0.25, 0.3) is 5.91 Å². The predicted octanol–water partition coefficient (Wildman–Crippen LogP) is 5.54. The number of benzene rings is 2. The largest absolute Gasteiger partial charge is 0.353 e. The minimum absolute atomic E-state index is 0.119. The van der Waals surface area contributed by atoms with Gasteiger partial charge in [-0.1, -0.05) is 12.1 Å². The number of fused-ring (bicyclic) bond motifs is 1. The number of hydrogen-bond acceptors (Lipinski definition) is 5. The fourth-order valence-corrected chi connectivity index (χ4v) is 3.93. The van der Waals surface area contributed by atoms with Crippen LogP contribution in [0.1, 0.15) is 27.4 Å². The lowest BCUT2D eigenvalue weighted by molar-refractivity contribution is 0.101. The van der Waals surface area contributed by atoms with Crippen molar-refractivity contribution in [1.82, 2.24) is 24.5 Å². The Bertz CT molecular complexity index is 1600. The molecule has 9 heteroatoms. The molecular weight excluding hydrogens is 457 g/mol. The molecule has 1 amide bonds. The second kappa shape index (κ2) is 9.46. The fourth-order valence-electron chi connectivity index (χ4n) is 3.93. The second-order valence-electron chi connectivity index (χ2n) is 8.43. The molecule has 5 aromatic rings. The van der Waals surface area contributed by atoms with E-state index in [2.05, 4.69) is 25.8 Å². The lowest BCUT2D eigenvalue weighted by Gasteiger charge is -2.14.